The van der Waals surface area contributed by atoms with Gasteiger partial charge in [-0.2, -0.15) is 5.10 Å². The van der Waals surface area contributed by atoms with E-state index in [0.717, 1.165) is 88.0 Å². The minimum Gasteiger partial charge on any atom is -0.279 e. The Kier molecular flexibility index (Phi) is 12.4. The Morgan fingerprint density at radius 1 is 0.456 bits per heavy atom. The van der Waals surface area contributed by atoms with Crippen molar-refractivity contribution in [2.45, 2.75) is 96.8 Å². The molecule has 0 atom stereocenters. The first kappa shape index (κ1) is 49.8. The summed E-state index contributed by atoms with van der Waals surface area (Å²) >= 11 is 0. The van der Waals surface area contributed by atoms with Crippen LogP contribution >= 0.6 is 0 Å². The average molecular weight is 1030 g/mol. The predicted molar refractivity (Wildman–Crippen MR) is 327 cm³/mol. The molecule has 0 amide bonds. The van der Waals surface area contributed by atoms with E-state index in [0.29, 0.717) is 0 Å². The number of imidazole rings is 1. The Morgan fingerprint density at radius 3 is 1.80 bits per heavy atom. The number of nitrogens with zero attached hydrogens (tertiary/aromatic N) is 6. The average Bonchev–Trinajstić information content (AvgIpc) is 4.39. The van der Waals surface area contributed by atoms with Gasteiger partial charge in [-0.05, 0) is 181 Å². The molecule has 388 valence electrons. The fourth-order valence-electron chi connectivity index (χ4n) is 12.8. The fourth-order valence-corrected chi connectivity index (χ4v) is 12.8. The van der Waals surface area contributed by atoms with Crippen molar-refractivity contribution in [3.05, 3.63) is 252 Å². The van der Waals surface area contributed by atoms with Crippen molar-refractivity contribution in [1.29, 1.82) is 0 Å². The van der Waals surface area contributed by atoms with E-state index in [2.05, 4.69) is 240 Å². The van der Waals surface area contributed by atoms with Crippen LogP contribution in [0.25, 0.3) is 89.0 Å². The zero-order chi connectivity index (χ0) is 54.0. The van der Waals surface area contributed by atoms with Gasteiger partial charge in [0.05, 0.1) is 27.9 Å². The zero-order valence-electron chi connectivity index (χ0n) is 46.4. The van der Waals surface area contributed by atoms with E-state index in [1.807, 2.05) is 35.4 Å². The van der Waals surface area contributed by atoms with E-state index in [-0.39, 0.29) is 16.2 Å². The lowest BCUT2D eigenvalue weighted by molar-refractivity contribution is 0.403. The number of aromatic nitrogens is 6. The molecular weight excluding hydrogens is 961 g/mol. The summed E-state index contributed by atoms with van der Waals surface area (Å²) in [6.45, 7) is 16.4. The van der Waals surface area contributed by atoms with Gasteiger partial charge in [0.15, 0.2) is 0 Å². The molecule has 0 aliphatic heterocycles. The van der Waals surface area contributed by atoms with Gasteiger partial charge in [0.25, 0.3) is 0 Å². The molecule has 1 aliphatic carbocycles. The third-order valence-electron chi connectivity index (χ3n) is 16.5. The Bertz CT molecular complexity index is 4220. The minimum absolute atomic E-state index is 0.0862. The highest BCUT2D eigenvalue weighted by Crippen LogP contribution is 2.51. The highest BCUT2D eigenvalue weighted by molar-refractivity contribution is 5.98. The SMILES string of the molecule is CC(C)(C)c1nc2cc(CCc3cc(CCc4ccc(-n5cccn5)cc4)cc(-c4ccccc4-c4ccc(-c5ccccn5)cc4-c4ccc(-c5ccccc5)cc4)c3)ccc2c2nc3cc4c(cc3n12)C(C)(C)CC4(C)C. The minimum atomic E-state index is -0.215. The van der Waals surface area contributed by atoms with E-state index in [1.165, 1.54) is 72.3 Å². The highest BCUT2D eigenvalue weighted by Gasteiger charge is 2.42. The Morgan fingerprint density at radius 2 is 1.09 bits per heavy atom. The van der Waals surface area contributed by atoms with E-state index < -0.39 is 0 Å². The van der Waals surface area contributed by atoms with Crippen LogP contribution < -0.4 is 0 Å². The van der Waals surface area contributed by atoms with Crippen molar-refractivity contribution in [3.63, 3.8) is 0 Å². The molecule has 12 aromatic rings. The van der Waals surface area contributed by atoms with Crippen LogP contribution in [0.2, 0.25) is 0 Å². The Labute approximate surface area is 464 Å². The van der Waals surface area contributed by atoms with Gasteiger partial charge in [0, 0.05) is 35.0 Å². The Balaban J connectivity index is 0.882. The Hall–Kier alpha value is -8.74. The van der Waals surface area contributed by atoms with Crippen LogP contribution in [0.15, 0.2) is 213 Å². The van der Waals surface area contributed by atoms with Crippen LogP contribution in [-0.4, -0.2) is 29.1 Å². The van der Waals surface area contributed by atoms with Crippen LogP contribution in [-0.2, 0) is 41.9 Å². The van der Waals surface area contributed by atoms with Gasteiger partial charge in [-0.1, -0.05) is 182 Å². The molecule has 6 nitrogen and oxygen atoms in total. The predicted octanol–water partition coefficient (Wildman–Crippen LogP) is 17.8. The lowest BCUT2D eigenvalue weighted by Crippen LogP contribution is -2.19. The standard InChI is InChI=1S/C73H66N6/c1-71(2,3)70-77-66-43-49(27-35-61(66)69-76-67-45-63-64(46-68(67)79(69)70)73(6,7)47-72(63,4)5)22-24-51-40-50(23-21-48-25-33-57(34-26-48)78-39-15-38-75-78)41-56(42-51)58-18-11-12-19-59(58)60-36-32-55(65-20-13-14-37-74-65)44-62(60)54-30-28-53(29-31-54)52-16-9-8-10-17-52/h8-20,25-46H,21-24,47H2,1-7H3. The number of pyridine rings is 1. The molecule has 0 N–H and O–H groups in total. The summed E-state index contributed by atoms with van der Waals surface area (Å²) in [5.41, 5.74) is 24.8. The van der Waals surface area contributed by atoms with E-state index in [9.17, 15) is 0 Å². The second-order valence-corrected chi connectivity index (χ2v) is 24.3. The molecular formula is C73H66N6. The number of rotatable bonds is 12. The van der Waals surface area contributed by atoms with Gasteiger partial charge in [-0.25, -0.2) is 14.6 Å². The van der Waals surface area contributed by atoms with Gasteiger partial charge >= 0.3 is 0 Å². The molecule has 0 spiro atoms. The molecule has 0 fully saturated rings. The van der Waals surface area contributed by atoms with Crippen molar-refractivity contribution in [3.8, 4) is 61.5 Å². The molecule has 0 bridgehead atoms. The maximum absolute atomic E-state index is 5.53. The largest absolute Gasteiger partial charge is 0.279 e. The topological polar surface area (TPSA) is 60.9 Å². The first-order valence-corrected chi connectivity index (χ1v) is 28.1. The molecule has 8 aromatic carbocycles. The summed E-state index contributed by atoms with van der Waals surface area (Å²) in [7, 11) is 0. The molecule has 79 heavy (non-hydrogen) atoms. The van der Waals surface area contributed by atoms with Gasteiger partial charge < -0.3 is 0 Å². The number of fused-ring (bicyclic) bond motifs is 6. The van der Waals surface area contributed by atoms with E-state index in [4.69, 9.17) is 15.0 Å². The third-order valence-corrected chi connectivity index (χ3v) is 16.5. The number of hydrogen-bond donors (Lipinski definition) is 0. The molecule has 0 saturated heterocycles. The van der Waals surface area contributed by atoms with Gasteiger partial charge in [-0.3, -0.25) is 9.38 Å². The third kappa shape index (κ3) is 9.54. The molecule has 1 aliphatic rings. The molecule has 0 unspecified atom stereocenters. The van der Waals surface area contributed by atoms with Crippen molar-refractivity contribution < 1.29 is 0 Å². The number of hydrogen-bond acceptors (Lipinski definition) is 4. The van der Waals surface area contributed by atoms with Crippen LogP contribution in [0.3, 0.4) is 0 Å². The summed E-state index contributed by atoms with van der Waals surface area (Å²) < 4.78 is 4.27. The van der Waals surface area contributed by atoms with Crippen molar-refractivity contribution in [1.82, 2.24) is 29.1 Å². The summed E-state index contributed by atoms with van der Waals surface area (Å²) in [6, 6.07) is 71.4. The molecule has 0 radical (unpaired) electrons. The van der Waals surface area contributed by atoms with E-state index >= 15 is 0 Å². The van der Waals surface area contributed by atoms with Crippen LogP contribution in [0.5, 0.6) is 0 Å². The second kappa shape index (κ2) is 19.6. The summed E-state index contributed by atoms with van der Waals surface area (Å²) in [6.07, 6.45) is 10.4. The molecule has 13 rings (SSSR count). The maximum atomic E-state index is 5.53. The van der Waals surface area contributed by atoms with Crippen LogP contribution in [0, 0.1) is 0 Å². The molecule has 0 saturated carbocycles. The van der Waals surface area contributed by atoms with Crippen molar-refractivity contribution in [2.24, 2.45) is 0 Å². The summed E-state index contributed by atoms with van der Waals surface area (Å²) in [4.78, 5) is 15.7. The van der Waals surface area contributed by atoms with E-state index in [1.54, 1.807) is 0 Å². The highest BCUT2D eigenvalue weighted by atomic mass is 15.3. The first-order chi connectivity index (χ1) is 38.2. The number of benzene rings is 8. The summed E-state index contributed by atoms with van der Waals surface area (Å²) in [5, 5.41) is 5.54. The molecule has 6 heteroatoms. The molecule has 4 aromatic heterocycles. The van der Waals surface area contributed by atoms with Crippen molar-refractivity contribution in [2.75, 3.05) is 0 Å². The maximum Gasteiger partial charge on any atom is 0.148 e. The van der Waals surface area contributed by atoms with Gasteiger partial charge in [0.1, 0.15) is 11.5 Å². The van der Waals surface area contributed by atoms with Crippen LogP contribution in [0.1, 0.15) is 94.1 Å². The normalized spacial score (nSPS) is 13.9. The molecule has 4 heterocycles. The summed E-state index contributed by atoms with van der Waals surface area (Å²) in [5.74, 6) is 1.04. The number of aryl methyl sites for hydroxylation is 4. The fraction of sp³-hybridized carbons (Fsp3) is 0.205. The quantitative estimate of drug-likeness (QED) is 0.122. The van der Waals surface area contributed by atoms with Gasteiger partial charge in [-0.15, -0.1) is 0 Å². The van der Waals surface area contributed by atoms with Crippen molar-refractivity contribution >= 4 is 27.6 Å². The smallest absolute Gasteiger partial charge is 0.148 e. The lowest BCUT2D eigenvalue weighted by atomic mass is 9.82. The van der Waals surface area contributed by atoms with Crippen LogP contribution in [0.4, 0.5) is 0 Å². The lowest BCUT2D eigenvalue weighted by Gasteiger charge is -2.22. The van der Waals surface area contributed by atoms with Gasteiger partial charge in [0.2, 0.25) is 0 Å². The first-order valence-electron chi connectivity index (χ1n) is 28.1. The zero-order valence-corrected chi connectivity index (χ0v) is 46.4. The second-order valence-electron chi connectivity index (χ2n) is 24.3. The monoisotopic (exact) mass is 1030 g/mol.